The Labute approximate surface area is 140 Å². The van der Waals surface area contributed by atoms with Crippen LogP contribution >= 0.6 is 24.0 Å². The van der Waals surface area contributed by atoms with E-state index in [0.717, 1.165) is 19.5 Å². The van der Waals surface area contributed by atoms with Crippen LogP contribution in [0.3, 0.4) is 0 Å². The van der Waals surface area contributed by atoms with Crippen LogP contribution in [0.25, 0.3) is 0 Å². The average Bonchev–Trinajstić information content (AvgIpc) is 2.47. The van der Waals surface area contributed by atoms with Gasteiger partial charge in [0.1, 0.15) is 0 Å². The lowest BCUT2D eigenvalue weighted by Gasteiger charge is -2.22. The Morgan fingerprint density at radius 3 is 2.86 bits per heavy atom. The van der Waals surface area contributed by atoms with Crippen molar-refractivity contribution in [2.24, 2.45) is 5.92 Å². The van der Waals surface area contributed by atoms with Crippen LogP contribution in [0.2, 0.25) is 5.02 Å². The van der Waals surface area contributed by atoms with E-state index in [2.05, 4.69) is 10.6 Å². The number of nitrogens with one attached hydrogen (secondary N) is 2. The van der Waals surface area contributed by atoms with E-state index in [0.29, 0.717) is 12.5 Å². The normalized spacial score (nSPS) is 17.4. The van der Waals surface area contributed by atoms with Gasteiger partial charge in [0.15, 0.2) is 0 Å². The van der Waals surface area contributed by atoms with E-state index < -0.39 is 4.92 Å². The van der Waals surface area contributed by atoms with Crippen LogP contribution in [0.5, 0.6) is 0 Å². The molecule has 2 N–H and O–H groups in total. The second kappa shape index (κ2) is 8.92. The highest BCUT2D eigenvalue weighted by atomic mass is 35.5. The van der Waals surface area contributed by atoms with Crippen molar-refractivity contribution in [1.82, 2.24) is 10.6 Å². The maximum atomic E-state index is 12.0. The minimum atomic E-state index is -0.559. The van der Waals surface area contributed by atoms with Crippen molar-refractivity contribution in [1.29, 1.82) is 0 Å². The highest BCUT2D eigenvalue weighted by Gasteiger charge is 2.15. The maximum absolute atomic E-state index is 12.0. The lowest BCUT2D eigenvalue weighted by Crippen LogP contribution is -2.33. The van der Waals surface area contributed by atoms with Crippen molar-refractivity contribution in [3.63, 3.8) is 0 Å². The highest BCUT2D eigenvalue weighted by molar-refractivity contribution is 6.31. The molecule has 1 aromatic rings. The van der Waals surface area contributed by atoms with Crippen LogP contribution in [0.1, 0.15) is 29.6 Å². The maximum Gasteiger partial charge on any atom is 0.271 e. The van der Waals surface area contributed by atoms with E-state index >= 15 is 0 Å². The minimum absolute atomic E-state index is 0. The lowest BCUT2D eigenvalue weighted by molar-refractivity contribution is -0.384. The highest BCUT2D eigenvalue weighted by Crippen LogP contribution is 2.21. The zero-order valence-corrected chi connectivity index (χ0v) is 13.6. The summed E-state index contributed by atoms with van der Waals surface area (Å²) in [7, 11) is 0. The first-order valence-corrected chi connectivity index (χ1v) is 7.38. The first-order valence-electron chi connectivity index (χ1n) is 7.00. The average molecular weight is 348 g/mol. The third kappa shape index (κ3) is 5.44. The summed E-state index contributed by atoms with van der Waals surface area (Å²) in [6.45, 7) is 2.61. The van der Waals surface area contributed by atoms with Gasteiger partial charge in [-0.1, -0.05) is 11.6 Å². The Bertz CT molecular complexity index is 534. The molecule has 0 saturated carbocycles. The summed E-state index contributed by atoms with van der Waals surface area (Å²) < 4.78 is 0. The number of hydrogen-bond acceptors (Lipinski definition) is 4. The molecule has 1 unspecified atom stereocenters. The van der Waals surface area contributed by atoms with E-state index in [9.17, 15) is 14.9 Å². The summed E-state index contributed by atoms with van der Waals surface area (Å²) in [5.74, 6) is 0.247. The van der Waals surface area contributed by atoms with Gasteiger partial charge in [-0.25, -0.2) is 0 Å². The van der Waals surface area contributed by atoms with Crippen molar-refractivity contribution in [3.05, 3.63) is 38.9 Å². The standard InChI is InChI=1S/C14H18ClN3O3.ClH/c15-12-6-11(7-13(8-12)18(20)21)14(19)17-5-3-10-2-1-4-16-9-10;/h6-8,10,16H,1-5,9H2,(H,17,19);1H. The molecule has 1 heterocycles. The first-order chi connectivity index (χ1) is 10.1. The van der Waals surface area contributed by atoms with E-state index in [-0.39, 0.29) is 34.6 Å². The molecule has 22 heavy (non-hydrogen) atoms. The van der Waals surface area contributed by atoms with Crippen LogP contribution < -0.4 is 10.6 Å². The molecule has 0 spiro atoms. The number of hydrogen-bond donors (Lipinski definition) is 2. The molecule has 1 fully saturated rings. The molecule has 122 valence electrons. The van der Waals surface area contributed by atoms with Gasteiger partial charge in [0.25, 0.3) is 11.6 Å². The van der Waals surface area contributed by atoms with Crippen molar-refractivity contribution in [2.45, 2.75) is 19.3 Å². The third-order valence-corrected chi connectivity index (χ3v) is 3.81. The number of carbonyl (C=O) groups excluding carboxylic acids is 1. The first kappa shape index (κ1) is 18.7. The zero-order chi connectivity index (χ0) is 15.2. The number of benzene rings is 1. The van der Waals surface area contributed by atoms with Gasteiger partial charge in [0.05, 0.1) is 4.92 Å². The molecule has 1 aromatic carbocycles. The molecule has 1 aliphatic rings. The molecule has 8 heteroatoms. The van der Waals surface area contributed by atoms with Crippen LogP contribution in [0, 0.1) is 16.0 Å². The van der Waals surface area contributed by atoms with Gasteiger partial charge < -0.3 is 10.6 Å². The number of amides is 1. The number of nitro benzene ring substituents is 1. The number of nitrogens with zero attached hydrogens (tertiary/aromatic N) is 1. The van der Waals surface area contributed by atoms with E-state index in [1.807, 2.05) is 0 Å². The number of rotatable bonds is 5. The van der Waals surface area contributed by atoms with Gasteiger partial charge in [-0.05, 0) is 44.3 Å². The Morgan fingerprint density at radius 2 is 2.23 bits per heavy atom. The predicted octanol–water partition coefficient (Wildman–Crippen LogP) is 2.79. The van der Waals surface area contributed by atoms with Crippen molar-refractivity contribution >= 4 is 35.6 Å². The molecule has 2 rings (SSSR count). The number of halogens is 2. The molecule has 0 bridgehead atoms. The fraction of sp³-hybridized carbons (Fsp3) is 0.500. The largest absolute Gasteiger partial charge is 0.352 e. The van der Waals surface area contributed by atoms with E-state index in [4.69, 9.17) is 11.6 Å². The topological polar surface area (TPSA) is 84.3 Å². The molecule has 1 saturated heterocycles. The summed E-state index contributed by atoms with van der Waals surface area (Å²) in [6.07, 6.45) is 3.24. The SMILES string of the molecule is Cl.O=C(NCCC1CCCNC1)c1cc(Cl)cc([N+](=O)[O-])c1. The molecule has 0 aromatic heterocycles. The van der Waals surface area contributed by atoms with Gasteiger partial charge in [0.2, 0.25) is 0 Å². The molecule has 0 aliphatic carbocycles. The molecule has 6 nitrogen and oxygen atoms in total. The monoisotopic (exact) mass is 347 g/mol. The molecule has 1 aliphatic heterocycles. The van der Waals surface area contributed by atoms with E-state index in [1.54, 1.807) is 0 Å². The molecule has 0 radical (unpaired) electrons. The van der Waals surface area contributed by atoms with Crippen LogP contribution in [-0.4, -0.2) is 30.5 Å². The smallest absolute Gasteiger partial charge is 0.271 e. The zero-order valence-electron chi connectivity index (χ0n) is 12.0. The van der Waals surface area contributed by atoms with Gasteiger partial charge >= 0.3 is 0 Å². The molecule has 1 amide bonds. The van der Waals surface area contributed by atoms with E-state index in [1.165, 1.54) is 31.0 Å². The second-order valence-electron chi connectivity index (χ2n) is 5.21. The second-order valence-corrected chi connectivity index (χ2v) is 5.65. The minimum Gasteiger partial charge on any atom is -0.352 e. The van der Waals surface area contributed by atoms with Gasteiger partial charge in [-0.15, -0.1) is 12.4 Å². The van der Waals surface area contributed by atoms with Gasteiger partial charge in [-0.3, -0.25) is 14.9 Å². The van der Waals surface area contributed by atoms with Crippen LogP contribution in [0.15, 0.2) is 18.2 Å². The summed E-state index contributed by atoms with van der Waals surface area (Å²) in [6, 6.07) is 3.90. The predicted molar refractivity (Wildman–Crippen MR) is 87.9 cm³/mol. The lowest BCUT2D eigenvalue weighted by atomic mass is 9.96. The fourth-order valence-corrected chi connectivity index (χ4v) is 2.70. The quantitative estimate of drug-likeness (QED) is 0.633. The Kier molecular flexibility index (Phi) is 7.58. The molecular weight excluding hydrogens is 329 g/mol. The third-order valence-electron chi connectivity index (χ3n) is 3.59. The summed E-state index contributed by atoms with van der Waals surface area (Å²) >= 11 is 5.80. The molecular formula is C14H19Cl2N3O3. The summed E-state index contributed by atoms with van der Waals surface area (Å²) in [5.41, 5.74) is 0.0418. The van der Waals surface area contributed by atoms with Gasteiger partial charge in [0, 0.05) is 29.3 Å². The van der Waals surface area contributed by atoms with Crippen LogP contribution in [0.4, 0.5) is 5.69 Å². The molecule has 1 atom stereocenters. The Balaban J connectivity index is 0.00000242. The number of piperidine rings is 1. The fourth-order valence-electron chi connectivity index (χ4n) is 2.47. The van der Waals surface area contributed by atoms with Gasteiger partial charge in [-0.2, -0.15) is 0 Å². The number of carbonyl (C=O) groups is 1. The van der Waals surface area contributed by atoms with Crippen molar-refractivity contribution in [3.8, 4) is 0 Å². The Hall–Kier alpha value is -1.37. The van der Waals surface area contributed by atoms with Crippen LogP contribution in [-0.2, 0) is 0 Å². The summed E-state index contributed by atoms with van der Waals surface area (Å²) in [4.78, 5) is 22.2. The van der Waals surface area contributed by atoms with Crippen molar-refractivity contribution in [2.75, 3.05) is 19.6 Å². The number of non-ortho nitro benzene ring substituents is 1. The van der Waals surface area contributed by atoms with Crippen molar-refractivity contribution < 1.29 is 9.72 Å². The Morgan fingerprint density at radius 1 is 1.45 bits per heavy atom. The number of nitro groups is 1. The summed E-state index contributed by atoms with van der Waals surface area (Å²) in [5, 5.41) is 17.1.